The summed E-state index contributed by atoms with van der Waals surface area (Å²) in [4.78, 5) is 22.5. The Kier molecular flexibility index (Phi) is 7.52. The standard InChI is InChI=1S/C16H24F6N2O6/c1-12(2)4-9(24-10(25)26)5-13(3,6-12)7-23-11(27)29-8-14(17,18)30-16(21,22)15(19,20)28/h9,24,28H,4-8H2,1-3H3,(H,23,27)(H,25,26). The van der Waals surface area contributed by atoms with Gasteiger partial charge in [0.1, 0.15) is 0 Å². The molecule has 0 aliphatic heterocycles. The Morgan fingerprint density at radius 2 is 1.67 bits per heavy atom. The van der Waals surface area contributed by atoms with Gasteiger partial charge in [-0.1, -0.05) is 20.8 Å². The molecular formula is C16H24F6N2O6. The molecule has 2 amide bonds. The predicted octanol–water partition coefficient (Wildman–Crippen LogP) is 3.35. The minimum absolute atomic E-state index is 0.121. The van der Waals surface area contributed by atoms with E-state index in [1.807, 2.05) is 13.8 Å². The third kappa shape index (κ3) is 8.05. The number of carbonyl (C=O) groups excluding carboxylic acids is 1. The first-order valence-electron chi connectivity index (χ1n) is 8.72. The molecule has 0 saturated heterocycles. The summed E-state index contributed by atoms with van der Waals surface area (Å²) in [5.41, 5.74) is -0.966. The molecule has 1 saturated carbocycles. The number of alkyl carbamates (subject to hydrolysis) is 1. The number of hydrogen-bond donors (Lipinski definition) is 4. The number of carbonyl (C=O) groups is 2. The van der Waals surface area contributed by atoms with Gasteiger partial charge in [0.15, 0.2) is 6.61 Å². The van der Waals surface area contributed by atoms with Crippen molar-refractivity contribution in [3.8, 4) is 0 Å². The van der Waals surface area contributed by atoms with Gasteiger partial charge in [-0.05, 0) is 30.1 Å². The molecule has 8 nitrogen and oxygen atoms in total. The monoisotopic (exact) mass is 454 g/mol. The van der Waals surface area contributed by atoms with Crippen LogP contribution in [0.4, 0.5) is 35.9 Å². The molecule has 2 atom stereocenters. The Bertz CT molecular complexity index is 642. The molecule has 14 heteroatoms. The molecular weight excluding hydrogens is 430 g/mol. The van der Waals surface area contributed by atoms with Gasteiger partial charge in [-0.25, -0.2) is 14.3 Å². The summed E-state index contributed by atoms with van der Waals surface area (Å²) in [6.45, 7) is 3.26. The molecule has 0 radical (unpaired) electrons. The zero-order chi connectivity index (χ0) is 23.6. The molecule has 4 N–H and O–H groups in total. The van der Waals surface area contributed by atoms with E-state index in [0.29, 0.717) is 19.3 Å². The van der Waals surface area contributed by atoms with Gasteiger partial charge >= 0.3 is 30.5 Å². The Labute approximate surface area is 167 Å². The molecule has 1 fully saturated rings. The second-order valence-corrected chi connectivity index (χ2v) is 8.43. The third-order valence-electron chi connectivity index (χ3n) is 4.43. The average molecular weight is 454 g/mol. The smallest absolute Gasteiger partial charge is 0.452 e. The molecule has 0 aromatic rings. The van der Waals surface area contributed by atoms with Gasteiger partial charge in [0, 0.05) is 12.6 Å². The van der Waals surface area contributed by atoms with Crippen LogP contribution in [0.2, 0.25) is 0 Å². The fourth-order valence-corrected chi connectivity index (χ4v) is 3.81. The number of hydrogen-bond acceptors (Lipinski definition) is 5. The van der Waals surface area contributed by atoms with Gasteiger partial charge < -0.3 is 25.6 Å². The number of rotatable bonds is 8. The summed E-state index contributed by atoms with van der Waals surface area (Å²) in [6.07, 6.45) is -18.1. The van der Waals surface area contributed by atoms with Crippen molar-refractivity contribution in [1.29, 1.82) is 0 Å². The summed E-state index contributed by atoms with van der Waals surface area (Å²) >= 11 is 0. The van der Waals surface area contributed by atoms with Crippen LogP contribution in [0, 0.1) is 10.8 Å². The highest BCUT2D eigenvalue weighted by atomic mass is 19.3. The Morgan fingerprint density at radius 1 is 1.10 bits per heavy atom. The van der Waals surface area contributed by atoms with Crippen LogP contribution < -0.4 is 10.6 Å². The lowest BCUT2D eigenvalue weighted by Crippen LogP contribution is -2.50. The fourth-order valence-electron chi connectivity index (χ4n) is 3.81. The van der Waals surface area contributed by atoms with Crippen LogP contribution >= 0.6 is 0 Å². The summed E-state index contributed by atoms with van der Waals surface area (Å²) in [6, 6.07) is -0.422. The van der Waals surface area contributed by atoms with Crippen molar-refractivity contribution in [3.05, 3.63) is 0 Å². The Balaban J connectivity index is 2.61. The highest BCUT2D eigenvalue weighted by molar-refractivity contribution is 5.67. The molecule has 2 unspecified atom stereocenters. The third-order valence-corrected chi connectivity index (χ3v) is 4.43. The van der Waals surface area contributed by atoms with Crippen molar-refractivity contribution in [2.24, 2.45) is 10.8 Å². The maximum absolute atomic E-state index is 13.2. The van der Waals surface area contributed by atoms with Gasteiger partial charge in [0.25, 0.3) is 0 Å². The lowest BCUT2D eigenvalue weighted by Gasteiger charge is -2.46. The molecule has 0 bridgehead atoms. The van der Waals surface area contributed by atoms with Gasteiger partial charge in [-0.3, -0.25) is 0 Å². The van der Waals surface area contributed by atoms with E-state index in [1.54, 1.807) is 6.92 Å². The number of amides is 2. The van der Waals surface area contributed by atoms with Crippen LogP contribution in [-0.2, 0) is 9.47 Å². The lowest BCUT2D eigenvalue weighted by molar-refractivity contribution is -0.475. The molecule has 0 aromatic carbocycles. The summed E-state index contributed by atoms with van der Waals surface area (Å²) < 4.78 is 82.8. The van der Waals surface area contributed by atoms with Crippen molar-refractivity contribution >= 4 is 12.2 Å². The van der Waals surface area contributed by atoms with E-state index >= 15 is 0 Å². The normalized spacial score (nSPS) is 24.8. The zero-order valence-electron chi connectivity index (χ0n) is 16.4. The average Bonchev–Trinajstić information content (AvgIpc) is 2.46. The first-order valence-corrected chi connectivity index (χ1v) is 8.72. The first-order chi connectivity index (χ1) is 13.3. The van der Waals surface area contributed by atoms with Crippen molar-refractivity contribution in [2.45, 2.75) is 64.4 Å². The van der Waals surface area contributed by atoms with E-state index < -0.39 is 48.6 Å². The summed E-state index contributed by atoms with van der Waals surface area (Å²) in [5.74, 6) is 0. The maximum Gasteiger partial charge on any atom is 0.452 e. The summed E-state index contributed by atoms with van der Waals surface area (Å²) in [5, 5.41) is 21.3. The van der Waals surface area contributed by atoms with Crippen LogP contribution in [0.5, 0.6) is 0 Å². The molecule has 1 rings (SSSR count). The van der Waals surface area contributed by atoms with E-state index in [9.17, 15) is 35.9 Å². The van der Waals surface area contributed by atoms with Crippen LogP contribution in [0.25, 0.3) is 0 Å². The van der Waals surface area contributed by atoms with E-state index in [-0.39, 0.29) is 12.0 Å². The molecule has 1 aliphatic carbocycles. The topological polar surface area (TPSA) is 117 Å². The first kappa shape index (κ1) is 26.1. The molecule has 0 spiro atoms. The summed E-state index contributed by atoms with van der Waals surface area (Å²) in [7, 11) is 0. The maximum atomic E-state index is 13.2. The van der Waals surface area contributed by atoms with Crippen LogP contribution in [0.1, 0.15) is 40.0 Å². The van der Waals surface area contributed by atoms with Crippen molar-refractivity contribution < 1.29 is 55.6 Å². The van der Waals surface area contributed by atoms with Crippen molar-refractivity contribution in [3.63, 3.8) is 0 Å². The second-order valence-electron chi connectivity index (χ2n) is 8.43. The largest absolute Gasteiger partial charge is 0.465 e. The molecule has 0 aromatic heterocycles. The SMILES string of the molecule is CC1(C)CC(NC(=O)O)CC(C)(CNC(=O)OCC(F)(F)OC(F)(F)C(O)(F)F)C1. The Morgan fingerprint density at radius 3 is 2.17 bits per heavy atom. The number of alkyl halides is 6. The van der Waals surface area contributed by atoms with Crippen LogP contribution in [0.15, 0.2) is 0 Å². The quantitative estimate of drug-likeness (QED) is 0.418. The van der Waals surface area contributed by atoms with Crippen LogP contribution in [0.3, 0.4) is 0 Å². The van der Waals surface area contributed by atoms with E-state index in [0.717, 1.165) is 0 Å². The van der Waals surface area contributed by atoms with E-state index in [4.69, 9.17) is 10.2 Å². The van der Waals surface area contributed by atoms with Gasteiger partial charge in [-0.15, -0.1) is 0 Å². The number of aliphatic hydroxyl groups is 1. The number of carboxylic acid groups (broad SMARTS) is 1. The number of nitrogens with one attached hydrogen (secondary N) is 2. The molecule has 1 aliphatic rings. The number of ether oxygens (including phenoxy) is 2. The Hall–Kier alpha value is -1.96. The molecule has 30 heavy (non-hydrogen) atoms. The van der Waals surface area contributed by atoms with Crippen molar-refractivity contribution in [2.75, 3.05) is 13.2 Å². The van der Waals surface area contributed by atoms with Gasteiger partial charge in [0.05, 0.1) is 0 Å². The minimum atomic E-state index is -5.91. The van der Waals surface area contributed by atoms with E-state index in [2.05, 4.69) is 20.1 Å². The van der Waals surface area contributed by atoms with E-state index in [1.165, 1.54) is 0 Å². The van der Waals surface area contributed by atoms with Crippen LogP contribution in [-0.4, -0.2) is 59.9 Å². The number of halogens is 6. The fraction of sp³-hybridized carbons (Fsp3) is 0.875. The second kappa shape index (κ2) is 8.65. The van der Waals surface area contributed by atoms with Crippen molar-refractivity contribution in [1.82, 2.24) is 10.6 Å². The predicted molar refractivity (Wildman–Crippen MR) is 88.2 cm³/mol. The minimum Gasteiger partial charge on any atom is -0.465 e. The zero-order valence-corrected chi connectivity index (χ0v) is 16.4. The highest BCUT2D eigenvalue weighted by Gasteiger charge is 2.62. The van der Waals surface area contributed by atoms with Gasteiger partial charge in [-0.2, -0.15) is 26.3 Å². The highest BCUT2D eigenvalue weighted by Crippen LogP contribution is 2.45. The molecule has 176 valence electrons. The lowest BCUT2D eigenvalue weighted by atomic mass is 9.62. The van der Waals surface area contributed by atoms with Gasteiger partial charge in [0.2, 0.25) is 0 Å². The molecule has 0 heterocycles.